The molecule has 0 amide bonds. The number of nitriles is 1. The molecule has 1 atom stereocenters. The van der Waals surface area contributed by atoms with Crippen molar-refractivity contribution in [2.45, 2.75) is 19.4 Å². The van der Waals surface area contributed by atoms with Crippen LogP contribution in [0.2, 0.25) is 0 Å². The van der Waals surface area contributed by atoms with E-state index < -0.39 is 6.10 Å². The summed E-state index contributed by atoms with van der Waals surface area (Å²) >= 11 is 0. The zero-order chi connectivity index (χ0) is 10.6. The molecule has 0 aliphatic rings. The van der Waals surface area contributed by atoms with Gasteiger partial charge in [-0.3, -0.25) is 4.79 Å². The van der Waals surface area contributed by atoms with E-state index in [4.69, 9.17) is 5.26 Å². The number of rotatable bonds is 3. The van der Waals surface area contributed by atoms with Crippen molar-refractivity contribution in [2.75, 3.05) is 0 Å². The third kappa shape index (κ3) is 2.68. The lowest BCUT2D eigenvalue weighted by Gasteiger charge is -2.08. The highest BCUT2D eigenvalue weighted by Crippen LogP contribution is 2.16. The summed E-state index contributed by atoms with van der Waals surface area (Å²) < 4.78 is 0. The molecule has 14 heavy (non-hydrogen) atoms. The van der Waals surface area contributed by atoms with Crippen LogP contribution in [0, 0.1) is 11.3 Å². The molecule has 0 saturated carbocycles. The van der Waals surface area contributed by atoms with Gasteiger partial charge in [-0.25, -0.2) is 0 Å². The smallest absolute Gasteiger partial charge is 0.132 e. The summed E-state index contributed by atoms with van der Waals surface area (Å²) in [4.78, 5) is 10.7. The molecule has 0 spiro atoms. The Morgan fingerprint density at radius 2 is 2.07 bits per heavy atom. The first kappa shape index (κ1) is 10.4. The topological polar surface area (TPSA) is 61.1 Å². The third-order valence-corrected chi connectivity index (χ3v) is 1.91. The molecular formula is C11H11NO2. The number of benzene rings is 1. The molecule has 1 N–H and O–H groups in total. The Bertz CT molecular complexity index is 362. The summed E-state index contributed by atoms with van der Waals surface area (Å²) in [6.45, 7) is 1.44. The molecule has 0 fully saturated rings. The Hall–Kier alpha value is -1.66. The van der Waals surface area contributed by atoms with Crippen molar-refractivity contribution >= 4 is 5.78 Å². The maximum atomic E-state index is 10.7. The molecule has 0 heterocycles. The van der Waals surface area contributed by atoms with E-state index in [0.717, 1.165) is 0 Å². The lowest BCUT2D eigenvalue weighted by Crippen LogP contribution is -2.02. The quantitative estimate of drug-likeness (QED) is 0.785. The fourth-order valence-corrected chi connectivity index (χ4v) is 1.17. The normalized spacial score (nSPS) is 11.8. The number of Topliss-reactive ketones (excluding diaryl/α,β-unsaturated/α-hetero) is 1. The molecule has 1 rings (SSSR count). The molecule has 1 aromatic carbocycles. The number of hydrogen-bond donors (Lipinski definition) is 1. The zero-order valence-corrected chi connectivity index (χ0v) is 7.90. The van der Waals surface area contributed by atoms with Gasteiger partial charge in [0.05, 0.1) is 17.7 Å². The minimum absolute atomic E-state index is 0.0538. The van der Waals surface area contributed by atoms with Gasteiger partial charge in [-0.15, -0.1) is 0 Å². The van der Waals surface area contributed by atoms with Gasteiger partial charge in [0.2, 0.25) is 0 Å². The molecule has 0 aromatic heterocycles. The number of aliphatic hydroxyl groups is 1. The Morgan fingerprint density at radius 1 is 1.50 bits per heavy atom. The molecule has 1 unspecified atom stereocenters. The molecule has 0 bridgehead atoms. The number of carbonyl (C=O) groups is 1. The number of nitrogens with zero attached hydrogens (tertiary/aromatic N) is 1. The summed E-state index contributed by atoms with van der Waals surface area (Å²) in [6.07, 6.45) is -0.647. The number of ketones is 1. The average molecular weight is 189 g/mol. The second-order valence-corrected chi connectivity index (χ2v) is 3.16. The van der Waals surface area contributed by atoms with Crippen molar-refractivity contribution in [3.8, 4) is 6.07 Å². The molecule has 0 aliphatic heterocycles. The number of aliphatic hydroxyl groups excluding tert-OH is 1. The molecule has 0 saturated heterocycles. The highest BCUT2D eigenvalue weighted by molar-refractivity contribution is 5.76. The Balaban J connectivity index is 2.77. The van der Waals surface area contributed by atoms with Crippen molar-refractivity contribution < 1.29 is 9.90 Å². The molecule has 3 heteroatoms. The highest BCUT2D eigenvalue weighted by Gasteiger charge is 2.09. The van der Waals surface area contributed by atoms with Crippen LogP contribution < -0.4 is 0 Å². The van der Waals surface area contributed by atoms with Gasteiger partial charge in [-0.05, 0) is 24.6 Å². The van der Waals surface area contributed by atoms with Crippen molar-refractivity contribution in [2.24, 2.45) is 0 Å². The molecule has 3 nitrogen and oxygen atoms in total. The van der Waals surface area contributed by atoms with Crippen molar-refractivity contribution in [1.29, 1.82) is 5.26 Å². The number of carbonyl (C=O) groups excluding carboxylic acids is 1. The van der Waals surface area contributed by atoms with Crippen LogP contribution in [0.25, 0.3) is 0 Å². The van der Waals surface area contributed by atoms with Crippen molar-refractivity contribution in [3.63, 3.8) is 0 Å². The SMILES string of the molecule is CC(=O)CC(O)c1ccc(C#N)cc1. The van der Waals surface area contributed by atoms with Crippen LogP contribution in [0.15, 0.2) is 24.3 Å². The van der Waals surface area contributed by atoms with E-state index in [0.29, 0.717) is 11.1 Å². The van der Waals surface area contributed by atoms with Gasteiger partial charge in [0, 0.05) is 6.42 Å². The van der Waals surface area contributed by atoms with Gasteiger partial charge in [0.15, 0.2) is 0 Å². The Morgan fingerprint density at radius 3 is 2.50 bits per heavy atom. The third-order valence-electron chi connectivity index (χ3n) is 1.91. The minimum Gasteiger partial charge on any atom is -0.388 e. The summed E-state index contributed by atoms with van der Waals surface area (Å²) in [5.74, 6) is -0.0538. The van der Waals surface area contributed by atoms with E-state index in [2.05, 4.69) is 0 Å². The lowest BCUT2D eigenvalue weighted by atomic mass is 10.0. The van der Waals surface area contributed by atoms with Gasteiger partial charge < -0.3 is 5.11 Å². The van der Waals surface area contributed by atoms with Crippen LogP contribution in [-0.2, 0) is 4.79 Å². The fraction of sp³-hybridized carbons (Fsp3) is 0.273. The fourth-order valence-electron chi connectivity index (χ4n) is 1.17. The second kappa shape index (κ2) is 4.54. The summed E-state index contributed by atoms with van der Waals surface area (Å²) in [5, 5.41) is 18.1. The maximum Gasteiger partial charge on any atom is 0.132 e. The number of hydrogen-bond acceptors (Lipinski definition) is 3. The minimum atomic E-state index is -0.764. The van der Waals surface area contributed by atoms with Crippen LogP contribution in [0.4, 0.5) is 0 Å². The summed E-state index contributed by atoms with van der Waals surface area (Å²) in [7, 11) is 0. The predicted octanol–water partition coefficient (Wildman–Crippen LogP) is 1.57. The van der Waals surface area contributed by atoms with Gasteiger partial charge in [0.25, 0.3) is 0 Å². The second-order valence-electron chi connectivity index (χ2n) is 3.16. The Kier molecular flexibility index (Phi) is 3.38. The predicted molar refractivity (Wildman–Crippen MR) is 51.4 cm³/mol. The van der Waals surface area contributed by atoms with Crippen LogP contribution in [-0.4, -0.2) is 10.9 Å². The van der Waals surface area contributed by atoms with E-state index in [9.17, 15) is 9.90 Å². The van der Waals surface area contributed by atoms with Gasteiger partial charge in [0.1, 0.15) is 5.78 Å². The van der Waals surface area contributed by atoms with E-state index in [1.807, 2.05) is 6.07 Å². The van der Waals surface area contributed by atoms with Crippen LogP contribution in [0.5, 0.6) is 0 Å². The van der Waals surface area contributed by atoms with E-state index in [1.54, 1.807) is 24.3 Å². The largest absolute Gasteiger partial charge is 0.388 e. The van der Waals surface area contributed by atoms with Crippen molar-refractivity contribution in [1.82, 2.24) is 0 Å². The first-order valence-electron chi connectivity index (χ1n) is 4.31. The van der Waals surface area contributed by atoms with Crippen LogP contribution in [0.1, 0.15) is 30.6 Å². The van der Waals surface area contributed by atoms with E-state index >= 15 is 0 Å². The first-order chi connectivity index (χ1) is 6.63. The van der Waals surface area contributed by atoms with Crippen molar-refractivity contribution in [3.05, 3.63) is 35.4 Å². The van der Waals surface area contributed by atoms with Gasteiger partial charge >= 0.3 is 0 Å². The zero-order valence-electron chi connectivity index (χ0n) is 7.90. The van der Waals surface area contributed by atoms with Crippen LogP contribution in [0.3, 0.4) is 0 Å². The molecule has 72 valence electrons. The van der Waals surface area contributed by atoms with Crippen LogP contribution >= 0.6 is 0 Å². The highest BCUT2D eigenvalue weighted by atomic mass is 16.3. The molecular weight excluding hydrogens is 178 g/mol. The standard InChI is InChI=1S/C11H11NO2/c1-8(13)6-11(14)10-4-2-9(7-12)3-5-10/h2-5,11,14H,6H2,1H3. The lowest BCUT2D eigenvalue weighted by molar-refractivity contribution is -0.118. The van der Waals surface area contributed by atoms with Gasteiger partial charge in [-0.1, -0.05) is 12.1 Å². The average Bonchev–Trinajstić information content (AvgIpc) is 2.17. The van der Waals surface area contributed by atoms with E-state index in [1.165, 1.54) is 6.92 Å². The molecule has 0 aliphatic carbocycles. The van der Waals surface area contributed by atoms with Gasteiger partial charge in [-0.2, -0.15) is 5.26 Å². The Labute approximate surface area is 82.6 Å². The summed E-state index contributed by atoms with van der Waals surface area (Å²) in [6, 6.07) is 8.55. The first-order valence-corrected chi connectivity index (χ1v) is 4.31. The van der Waals surface area contributed by atoms with E-state index in [-0.39, 0.29) is 12.2 Å². The monoisotopic (exact) mass is 189 g/mol. The molecule has 1 aromatic rings. The summed E-state index contributed by atoms with van der Waals surface area (Å²) in [5.41, 5.74) is 1.21. The maximum absolute atomic E-state index is 10.7. The molecule has 0 radical (unpaired) electrons.